The molecule has 3 nitrogen and oxygen atoms in total. The predicted octanol–water partition coefficient (Wildman–Crippen LogP) is 2.10. The summed E-state index contributed by atoms with van der Waals surface area (Å²) >= 11 is 1.54. The van der Waals surface area contributed by atoms with Crippen LogP contribution in [0.4, 0.5) is 0 Å². The molecular weight excluding hydrogens is 208 g/mol. The molecule has 2 N–H and O–H groups in total. The number of nitrogens with one attached hydrogen (secondary N) is 1. The van der Waals surface area contributed by atoms with Crippen LogP contribution >= 0.6 is 11.3 Å². The van der Waals surface area contributed by atoms with Crippen molar-refractivity contribution in [3.05, 3.63) is 16.6 Å². The van der Waals surface area contributed by atoms with E-state index in [1.807, 2.05) is 5.38 Å². The van der Waals surface area contributed by atoms with Crippen LogP contribution in [0.15, 0.2) is 11.6 Å². The normalized spacial score (nSPS) is 23.9. The Balaban J connectivity index is 1.73. The van der Waals surface area contributed by atoms with Gasteiger partial charge in [-0.05, 0) is 32.2 Å². The van der Waals surface area contributed by atoms with Crippen LogP contribution in [0.25, 0.3) is 0 Å². The van der Waals surface area contributed by atoms with Gasteiger partial charge in [0.05, 0.1) is 0 Å². The highest BCUT2D eigenvalue weighted by atomic mass is 32.1. The molecule has 1 fully saturated rings. The molecule has 0 aliphatic carbocycles. The molecule has 0 bridgehead atoms. The van der Waals surface area contributed by atoms with Gasteiger partial charge in [-0.15, -0.1) is 11.3 Å². The molecule has 1 saturated heterocycles. The van der Waals surface area contributed by atoms with Gasteiger partial charge in [0, 0.05) is 17.6 Å². The zero-order valence-electron chi connectivity index (χ0n) is 8.85. The largest absolute Gasteiger partial charge is 0.386 e. The van der Waals surface area contributed by atoms with E-state index in [9.17, 15) is 5.11 Å². The lowest BCUT2D eigenvalue weighted by molar-refractivity contribution is 0.156. The quantitative estimate of drug-likeness (QED) is 0.826. The summed E-state index contributed by atoms with van der Waals surface area (Å²) in [6.45, 7) is 1.14. The lowest BCUT2D eigenvalue weighted by Crippen LogP contribution is -2.34. The molecule has 0 saturated carbocycles. The van der Waals surface area contributed by atoms with E-state index in [0.717, 1.165) is 24.4 Å². The van der Waals surface area contributed by atoms with E-state index in [1.165, 1.54) is 30.6 Å². The molecule has 2 rings (SSSR count). The smallest absolute Gasteiger partial charge is 0.121 e. The molecule has 1 aliphatic heterocycles. The van der Waals surface area contributed by atoms with Crippen LogP contribution in [-0.2, 0) is 0 Å². The molecule has 0 spiro atoms. The maximum Gasteiger partial charge on any atom is 0.121 e. The number of piperidine rings is 1. The third-order valence-electron chi connectivity index (χ3n) is 2.94. The van der Waals surface area contributed by atoms with Gasteiger partial charge >= 0.3 is 0 Å². The van der Waals surface area contributed by atoms with Crippen LogP contribution in [0.1, 0.15) is 43.2 Å². The molecule has 15 heavy (non-hydrogen) atoms. The van der Waals surface area contributed by atoms with Gasteiger partial charge in [0.25, 0.3) is 0 Å². The second kappa shape index (κ2) is 5.58. The second-order valence-electron chi connectivity index (χ2n) is 4.11. The first kappa shape index (κ1) is 11.0. The summed E-state index contributed by atoms with van der Waals surface area (Å²) in [5, 5.41) is 16.1. The summed E-state index contributed by atoms with van der Waals surface area (Å²) in [6, 6.07) is 0.605. The molecule has 84 valence electrons. The van der Waals surface area contributed by atoms with Crippen molar-refractivity contribution in [1.82, 2.24) is 10.3 Å². The van der Waals surface area contributed by atoms with Crippen LogP contribution < -0.4 is 5.32 Å². The molecular formula is C11H18N2OS. The standard InChI is InChI=1S/C11H18N2OS/c14-10(11-13-7-8-15-11)5-4-9-3-1-2-6-12-9/h7-10,12,14H,1-6H2. The highest BCUT2D eigenvalue weighted by molar-refractivity contribution is 7.09. The van der Waals surface area contributed by atoms with Gasteiger partial charge in [-0.1, -0.05) is 6.42 Å². The van der Waals surface area contributed by atoms with E-state index in [-0.39, 0.29) is 6.10 Å². The van der Waals surface area contributed by atoms with Gasteiger partial charge in [0.15, 0.2) is 0 Å². The van der Waals surface area contributed by atoms with Gasteiger partial charge in [0.1, 0.15) is 11.1 Å². The number of aliphatic hydroxyl groups excluding tert-OH is 1. The number of hydrogen-bond acceptors (Lipinski definition) is 4. The Morgan fingerprint density at radius 3 is 3.20 bits per heavy atom. The van der Waals surface area contributed by atoms with Crippen LogP contribution in [0, 0.1) is 0 Å². The minimum absolute atomic E-state index is 0.367. The molecule has 2 atom stereocenters. The zero-order valence-corrected chi connectivity index (χ0v) is 9.67. The van der Waals surface area contributed by atoms with Gasteiger partial charge in [-0.3, -0.25) is 0 Å². The number of aromatic nitrogens is 1. The SMILES string of the molecule is OC(CCC1CCCCN1)c1nccs1. The van der Waals surface area contributed by atoms with Crippen molar-refractivity contribution in [2.24, 2.45) is 0 Å². The molecule has 1 aliphatic rings. The maximum atomic E-state index is 9.86. The van der Waals surface area contributed by atoms with Crippen LogP contribution in [0.5, 0.6) is 0 Å². The summed E-state index contributed by atoms with van der Waals surface area (Å²) in [5.74, 6) is 0. The zero-order chi connectivity index (χ0) is 10.5. The Bertz CT molecular complexity index is 270. The third-order valence-corrected chi connectivity index (χ3v) is 3.81. The van der Waals surface area contributed by atoms with Crippen molar-refractivity contribution >= 4 is 11.3 Å². The number of aliphatic hydroxyl groups is 1. The van der Waals surface area contributed by atoms with Crippen molar-refractivity contribution in [2.75, 3.05) is 6.54 Å². The first-order valence-corrected chi connectivity index (χ1v) is 6.55. The lowest BCUT2D eigenvalue weighted by Gasteiger charge is -2.23. The fourth-order valence-corrected chi connectivity index (χ4v) is 2.71. The lowest BCUT2D eigenvalue weighted by atomic mass is 9.99. The van der Waals surface area contributed by atoms with Gasteiger partial charge in [0.2, 0.25) is 0 Å². The molecule has 4 heteroatoms. The van der Waals surface area contributed by atoms with Crippen molar-refractivity contribution in [1.29, 1.82) is 0 Å². The van der Waals surface area contributed by atoms with Crippen molar-refractivity contribution < 1.29 is 5.11 Å². The molecule has 0 radical (unpaired) electrons. The Morgan fingerprint density at radius 1 is 1.60 bits per heavy atom. The summed E-state index contributed by atoms with van der Waals surface area (Å²) in [7, 11) is 0. The van der Waals surface area contributed by atoms with Crippen molar-refractivity contribution in [3.63, 3.8) is 0 Å². The molecule has 0 amide bonds. The number of nitrogens with zero attached hydrogens (tertiary/aromatic N) is 1. The van der Waals surface area contributed by atoms with E-state index in [2.05, 4.69) is 10.3 Å². The monoisotopic (exact) mass is 226 g/mol. The van der Waals surface area contributed by atoms with Crippen LogP contribution in [0.2, 0.25) is 0 Å². The number of thiazole rings is 1. The number of hydrogen-bond donors (Lipinski definition) is 2. The maximum absolute atomic E-state index is 9.86. The predicted molar refractivity (Wildman–Crippen MR) is 61.9 cm³/mol. The minimum atomic E-state index is -0.367. The summed E-state index contributed by atoms with van der Waals surface area (Å²) < 4.78 is 0. The Kier molecular flexibility index (Phi) is 4.11. The van der Waals surface area contributed by atoms with Crippen LogP contribution in [-0.4, -0.2) is 22.7 Å². The van der Waals surface area contributed by atoms with E-state index in [1.54, 1.807) is 6.20 Å². The van der Waals surface area contributed by atoms with E-state index >= 15 is 0 Å². The molecule has 1 aromatic heterocycles. The second-order valence-corrected chi connectivity index (χ2v) is 5.04. The summed E-state index contributed by atoms with van der Waals surface area (Å²) in [4.78, 5) is 4.13. The first-order valence-electron chi connectivity index (χ1n) is 5.67. The summed E-state index contributed by atoms with van der Waals surface area (Å²) in [5.41, 5.74) is 0. The molecule has 0 aromatic carbocycles. The highest BCUT2D eigenvalue weighted by Gasteiger charge is 2.16. The molecule has 2 heterocycles. The first-order chi connectivity index (χ1) is 7.36. The number of rotatable bonds is 4. The van der Waals surface area contributed by atoms with E-state index in [0.29, 0.717) is 6.04 Å². The summed E-state index contributed by atoms with van der Waals surface area (Å²) in [6.07, 6.45) is 7.14. The Labute approximate surface area is 94.5 Å². The molecule has 1 aromatic rings. The van der Waals surface area contributed by atoms with Gasteiger partial charge < -0.3 is 10.4 Å². The Morgan fingerprint density at radius 2 is 2.53 bits per heavy atom. The van der Waals surface area contributed by atoms with E-state index in [4.69, 9.17) is 0 Å². The Hall–Kier alpha value is -0.450. The fourth-order valence-electron chi connectivity index (χ4n) is 2.05. The van der Waals surface area contributed by atoms with Gasteiger partial charge in [-0.25, -0.2) is 4.98 Å². The minimum Gasteiger partial charge on any atom is -0.386 e. The van der Waals surface area contributed by atoms with Crippen LogP contribution in [0.3, 0.4) is 0 Å². The topological polar surface area (TPSA) is 45.1 Å². The van der Waals surface area contributed by atoms with Gasteiger partial charge in [-0.2, -0.15) is 0 Å². The molecule has 2 unspecified atom stereocenters. The fraction of sp³-hybridized carbons (Fsp3) is 0.727. The average Bonchev–Trinajstić information content (AvgIpc) is 2.81. The van der Waals surface area contributed by atoms with Crippen molar-refractivity contribution in [2.45, 2.75) is 44.2 Å². The highest BCUT2D eigenvalue weighted by Crippen LogP contribution is 2.22. The average molecular weight is 226 g/mol. The third kappa shape index (κ3) is 3.26. The van der Waals surface area contributed by atoms with E-state index < -0.39 is 0 Å². The van der Waals surface area contributed by atoms with Crippen molar-refractivity contribution in [3.8, 4) is 0 Å².